The van der Waals surface area contributed by atoms with Gasteiger partial charge in [0.15, 0.2) is 0 Å². The quantitative estimate of drug-likeness (QED) is 0.499. The van der Waals surface area contributed by atoms with Crippen molar-refractivity contribution in [1.82, 2.24) is 9.97 Å². The van der Waals surface area contributed by atoms with Crippen molar-refractivity contribution in [1.29, 1.82) is 5.26 Å². The molecule has 0 spiro atoms. The lowest BCUT2D eigenvalue weighted by molar-refractivity contribution is -0.140. The Kier molecular flexibility index (Phi) is 7.07. The van der Waals surface area contributed by atoms with Gasteiger partial charge >= 0.3 is 5.97 Å². The number of aromatic nitrogens is 2. The van der Waals surface area contributed by atoms with Crippen molar-refractivity contribution in [2.45, 2.75) is 51.4 Å². The van der Waals surface area contributed by atoms with E-state index in [2.05, 4.69) is 23.0 Å². The number of allylic oxidation sites excluding steroid dienone is 1. The van der Waals surface area contributed by atoms with Crippen LogP contribution >= 0.6 is 0 Å². The third kappa shape index (κ3) is 5.47. The fourth-order valence-corrected chi connectivity index (χ4v) is 3.47. The minimum absolute atomic E-state index is 0.0721. The predicted molar refractivity (Wildman–Crippen MR) is 107 cm³/mol. The van der Waals surface area contributed by atoms with Crippen molar-refractivity contribution < 1.29 is 13.9 Å². The van der Waals surface area contributed by atoms with Crippen molar-refractivity contribution in [2.24, 2.45) is 5.92 Å². The molecule has 0 radical (unpaired) electrons. The van der Waals surface area contributed by atoms with E-state index in [1.807, 2.05) is 18.5 Å². The van der Waals surface area contributed by atoms with Crippen molar-refractivity contribution in [3.05, 3.63) is 59.4 Å². The van der Waals surface area contributed by atoms with Gasteiger partial charge in [0.25, 0.3) is 0 Å². The Morgan fingerprint density at radius 3 is 2.62 bits per heavy atom. The minimum Gasteiger partial charge on any atom is -0.426 e. The number of hydrogen-bond acceptors (Lipinski definition) is 5. The second-order valence-electron chi connectivity index (χ2n) is 7.29. The van der Waals surface area contributed by atoms with E-state index in [-0.39, 0.29) is 29.1 Å². The van der Waals surface area contributed by atoms with Crippen LogP contribution in [0.5, 0.6) is 5.75 Å². The molecule has 0 aliphatic heterocycles. The van der Waals surface area contributed by atoms with Gasteiger partial charge in [-0.05, 0) is 44.2 Å². The topological polar surface area (TPSA) is 75.9 Å². The number of unbranched alkanes of at least 4 members (excludes halogenated alkanes) is 1. The first-order valence-electron chi connectivity index (χ1n) is 10.0. The monoisotopic (exact) mass is 393 g/mol. The maximum absolute atomic E-state index is 13.7. The molecule has 5 nitrogen and oxygen atoms in total. The summed E-state index contributed by atoms with van der Waals surface area (Å²) < 4.78 is 19.0. The Morgan fingerprint density at radius 1 is 1.28 bits per heavy atom. The van der Waals surface area contributed by atoms with Crippen LogP contribution < -0.4 is 4.74 Å². The van der Waals surface area contributed by atoms with E-state index >= 15 is 0 Å². The standard InChI is InChI=1S/C23H24FN3O2/c1-2-3-4-5-16-14-26-22(27-15-16)17-6-8-18(9-7-17)23(28)29-20-11-10-19(13-25)21(24)12-20/h4-5,10-12,14-15,17-18H,2-3,6-9H2,1H3/b5-4+. The Hall–Kier alpha value is -3.07. The molecule has 0 unspecified atom stereocenters. The number of hydrogen-bond donors (Lipinski definition) is 0. The number of halogens is 1. The van der Waals surface area contributed by atoms with Gasteiger partial charge in [0.05, 0.1) is 11.5 Å². The van der Waals surface area contributed by atoms with E-state index in [9.17, 15) is 9.18 Å². The van der Waals surface area contributed by atoms with Crippen molar-refractivity contribution in [3.63, 3.8) is 0 Å². The van der Waals surface area contributed by atoms with Crippen LogP contribution in [-0.4, -0.2) is 15.9 Å². The fraction of sp³-hybridized carbons (Fsp3) is 0.391. The first-order chi connectivity index (χ1) is 14.1. The molecule has 29 heavy (non-hydrogen) atoms. The maximum Gasteiger partial charge on any atom is 0.314 e. The van der Waals surface area contributed by atoms with Gasteiger partial charge < -0.3 is 4.74 Å². The molecule has 150 valence electrons. The number of carbonyl (C=O) groups is 1. The van der Waals surface area contributed by atoms with Crippen LogP contribution in [0.2, 0.25) is 0 Å². The number of nitriles is 1. The van der Waals surface area contributed by atoms with Crippen LogP contribution in [0.3, 0.4) is 0 Å². The number of ether oxygens (including phenoxy) is 1. The SMILES string of the molecule is CCC/C=C/c1cnc(C2CCC(C(=O)Oc3ccc(C#N)c(F)c3)CC2)nc1. The van der Waals surface area contributed by atoms with Gasteiger partial charge in [0, 0.05) is 29.9 Å². The highest BCUT2D eigenvalue weighted by atomic mass is 19.1. The molecular weight excluding hydrogens is 369 g/mol. The van der Waals surface area contributed by atoms with Crippen LogP contribution in [-0.2, 0) is 4.79 Å². The average molecular weight is 393 g/mol. The summed E-state index contributed by atoms with van der Waals surface area (Å²) in [6, 6.07) is 5.57. The third-order valence-electron chi connectivity index (χ3n) is 5.16. The smallest absolute Gasteiger partial charge is 0.314 e. The highest BCUT2D eigenvalue weighted by Crippen LogP contribution is 2.35. The molecule has 1 saturated carbocycles. The number of carbonyl (C=O) groups excluding carboxylic acids is 1. The van der Waals surface area contributed by atoms with Gasteiger partial charge in [-0.1, -0.05) is 25.5 Å². The summed E-state index contributed by atoms with van der Waals surface area (Å²) in [7, 11) is 0. The number of nitrogens with zero attached hydrogens (tertiary/aromatic N) is 3. The predicted octanol–water partition coefficient (Wildman–Crippen LogP) is 5.18. The van der Waals surface area contributed by atoms with Crippen LogP contribution in [0.4, 0.5) is 4.39 Å². The molecule has 1 fully saturated rings. The third-order valence-corrected chi connectivity index (χ3v) is 5.16. The van der Waals surface area contributed by atoms with E-state index in [1.54, 1.807) is 6.07 Å². The van der Waals surface area contributed by atoms with E-state index in [0.717, 1.165) is 43.1 Å². The normalized spacial score (nSPS) is 19.1. The van der Waals surface area contributed by atoms with E-state index in [1.165, 1.54) is 12.1 Å². The van der Waals surface area contributed by atoms with Crippen LogP contribution in [0.25, 0.3) is 6.08 Å². The molecule has 1 aromatic heterocycles. The highest BCUT2D eigenvalue weighted by Gasteiger charge is 2.29. The van der Waals surface area contributed by atoms with Crippen LogP contribution in [0.1, 0.15) is 68.3 Å². The fourth-order valence-electron chi connectivity index (χ4n) is 3.47. The molecule has 0 amide bonds. The summed E-state index contributed by atoms with van der Waals surface area (Å²) in [5.41, 5.74) is 0.922. The summed E-state index contributed by atoms with van der Waals surface area (Å²) in [5.74, 6) is -0.0832. The van der Waals surface area contributed by atoms with Crippen molar-refractivity contribution >= 4 is 12.0 Å². The summed E-state index contributed by atoms with van der Waals surface area (Å²) in [5, 5.41) is 8.77. The second-order valence-corrected chi connectivity index (χ2v) is 7.29. The maximum atomic E-state index is 13.7. The van der Waals surface area contributed by atoms with Gasteiger partial charge in [0.2, 0.25) is 0 Å². The first kappa shape index (κ1) is 20.7. The molecule has 1 aliphatic rings. The zero-order chi connectivity index (χ0) is 20.6. The molecule has 6 heteroatoms. The highest BCUT2D eigenvalue weighted by molar-refractivity contribution is 5.75. The van der Waals surface area contributed by atoms with Gasteiger partial charge in [-0.3, -0.25) is 4.79 Å². The largest absolute Gasteiger partial charge is 0.426 e. The number of esters is 1. The van der Waals surface area contributed by atoms with Crippen LogP contribution in [0.15, 0.2) is 36.7 Å². The zero-order valence-electron chi connectivity index (χ0n) is 16.5. The van der Waals surface area contributed by atoms with E-state index < -0.39 is 5.82 Å². The summed E-state index contributed by atoms with van der Waals surface area (Å²) >= 11 is 0. The Balaban J connectivity index is 1.52. The van der Waals surface area contributed by atoms with E-state index in [4.69, 9.17) is 10.00 Å². The molecule has 2 aromatic rings. The molecule has 0 atom stereocenters. The van der Waals surface area contributed by atoms with E-state index in [0.29, 0.717) is 12.8 Å². The molecule has 3 rings (SSSR count). The van der Waals surface area contributed by atoms with Gasteiger partial charge in [0.1, 0.15) is 23.5 Å². The zero-order valence-corrected chi connectivity index (χ0v) is 16.5. The Labute approximate surface area is 170 Å². The summed E-state index contributed by atoms with van der Waals surface area (Å²) in [6.07, 6.45) is 13.0. The first-order valence-corrected chi connectivity index (χ1v) is 10.0. The number of benzene rings is 1. The molecule has 1 heterocycles. The molecular formula is C23H24FN3O2. The Morgan fingerprint density at radius 2 is 2.00 bits per heavy atom. The second kappa shape index (κ2) is 9.92. The van der Waals surface area contributed by atoms with Gasteiger partial charge in [-0.15, -0.1) is 0 Å². The lowest BCUT2D eigenvalue weighted by Gasteiger charge is -2.26. The minimum atomic E-state index is -0.688. The number of rotatable bonds is 6. The van der Waals surface area contributed by atoms with Crippen LogP contribution in [0, 0.1) is 23.1 Å². The molecule has 0 bridgehead atoms. The lowest BCUT2D eigenvalue weighted by atomic mass is 9.81. The van der Waals surface area contributed by atoms with Gasteiger partial charge in [-0.25, -0.2) is 14.4 Å². The molecule has 0 N–H and O–H groups in total. The molecule has 1 aliphatic carbocycles. The summed E-state index contributed by atoms with van der Waals surface area (Å²) in [6.45, 7) is 2.14. The molecule has 1 aromatic carbocycles. The van der Waals surface area contributed by atoms with Crippen molar-refractivity contribution in [3.8, 4) is 11.8 Å². The Bertz CT molecular complexity index is 911. The summed E-state index contributed by atoms with van der Waals surface area (Å²) in [4.78, 5) is 21.4. The van der Waals surface area contributed by atoms with Gasteiger partial charge in [-0.2, -0.15) is 5.26 Å². The average Bonchev–Trinajstić information content (AvgIpc) is 2.75. The molecule has 0 saturated heterocycles. The lowest BCUT2D eigenvalue weighted by Crippen LogP contribution is -2.25. The van der Waals surface area contributed by atoms with Crippen molar-refractivity contribution in [2.75, 3.05) is 0 Å².